The van der Waals surface area contributed by atoms with Gasteiger partial charge >= 0.3 is 0 Å². The average molecular weight is 343 g/mol. The summed E-state index contributed by atoms with van der Waals surface area (Å²) in [5.41, 5.74) is 0.821. The van der Waals surface area contributed by atoms with Gasteiger partial charge in [-0.05, 0) is 31.9 Å². The third kappa shape index (κ3) is 3.31. The van der Waals surface area contributed by atoms with Crippen LogP contribution in [0.25, 0.3) is 11.0 Å². The van der Waals surface area contributed by atoms with E-state index in [4.69, 9.17) is 8.83 Å². The smallest absolute Gasteiger partial charge is 0.277 e. The maximum Gasteiger partial charge on any atom is 0.277 e. The summed E-state index contributed by atoms with van der Waals surface area (Å²) >= 11 is 1.25. The first kappa shape index (κ1) is 15.3. The number of aromatic nitrogens is 2. The first-order valence-corrected chi connectivity index (χ1v) is 8.91. The number of hydrogen-bond acceptors (Lipinski definition) is 6. The van der Waals surface area contributed by atoms with Crippen LogP contribution in [-0.4, -0.2) is 21.9 Å². The highest BCUT2D eigenvalue weighted by atomic mass is 32.2. The molecule has 1 fully saturated rings. The fourth-order valence-electron chi connectivity index (χ4n) is 2.47. The SMILES string of the molecule is C[C@@H](NC(=O)CSc1nnc(C2CC2)o1)c1cc2ccccc2o1. The Balaban J connectivity index is 1.32. The second-order valence-corrected chi connectivity index (χ2v) is 6.87. The summed E-state index contributed by atoms with van der Waals surface area (Å²) in [6.07, 6.45) is 2.23. The lowest BCUT2D eigenvalue weighted by atomic mass is 10.2. The van der Waals surface area contributed by atoms with Crippen molar-refractivity contribution in [3.8, 4) is 0 Å². The molecule has 1 aromatic carbocycles. The fraction of sp³-hybridized carbons (Fsp3) is 0.353. The first-order chi connectivity index (χ1) is 11.7. The van der Waals surface area contributed by atoms with Gasteiger partial charge in [0.1, 0.15) is 11.3 Å². The molecule has 0 unspecified atom stereocenters. The molecule has 0 radical (unpaired) electrons. The highest BCUT2D eigenvalue weighted by molar-refractivity contribution is 7.99. The van der Waals surface area contributed by atoms with Gasteiger partial charge in [-0.3, -0.25) is 4.79 Å². The van der Waals surface area contributed by atoms with Crippen molar-refractivity contribution in [2.24, 2.45) is 0 Å². The summed E-state index contributed by atoms with van der Waals surface area (Å²) in [5, 5.41) is 12.4. The molecular weight excluding hydrogens is 326 g/mol. The minimum Gasteiger partial charge on any atom is -0.459 e. The largest absolute Gasteiger partial charge is 0.459 e. The van der Waals surface area contributed by atoms with Gasteiger partial charge in [0, 0.05) is 11.3 Å². The van der Waals surface area contributed by atoms with Crippen LogP contribution in [0.15, 0.2) is 44.4 Å². The molecule has 0 aliphatic heterocycles. The predicted molar refractivity (Wildman–Crippen MR) is 89.8 cm³/mol. The summed E-state index contributed by atoms with van der Waals surface area (Å²) in [6, 6.07) is 9.54. The molecule has 2 heterocycles. The van der Waals surface area contributed by atoms with Crippen LogP contribution >= 0.6 is 11.8 Å². The van der Waals surface area contributed by atoms with Gasteiger partial charge in [0.05, 0.1) is 11.8 Å². The van der Waals surface area contributed by atoms with Crippen LogP contribution in [-0.2, 0) is 4.79 Å². The monoisotopic (exact) mass is 343 g/mol. The molecule has 7 heteroatoms. The third-order valence-electron chi connectivity index (χ3n) is 3.92. The van der Waals surface area contributed by atoms with Crippen LogP contribution < -0.4 is 5.32 Å². The van der Waals surface area contributed by atoms with E-state index >= 15 is 0 Å². The number of para-hydroxylation sites is 1. The molecule has 1 aliphatic carbocycles. The number of thioether (sulfide) groups is 1. The van der Waals surface area contributed by atoms with Crippen molar-refractivity contribution in [3.05, 3.63) is 42.0 Å². The van der Waals surface area contributed by atoms with E-state index in [0.717, 1.165) is 29.6 Å². The Hall–Kier alpha value is -2.28. The summed E-state index contributed by atoms with van der Waals surface area (Å²) in [4.78, 5) is 12.1. The number of nitrogens with one attached hydrogen (secondary N) is 1. The number of amides is 1. The van der Waals surface area contributed by atoms with Crippen molar-refractivity contribution >= 4 is 28.6 Å². The Morgan fingerprint density at radius 2 is 2.17 bits per heavy atom. The molecule has 24 heavy (non-hydrogen) atoms. The van der Waals surface area contributed by atoms with Crippen molar-refractivity contribution in [2.45, 2.75) is 36.9 Å². The number of hydrogen-bond donors (Lipinski definition) is 1. The Bertz CT molecular complexity index is 836. The van der Waals surface area contributed by atoms with E-state index in [-0.39, 0.29) is 17.7 Å². The second kappa shape index (κ2) is 6.32. The number of carbonyl (C=O) groups excluding carboxylic acids is 1. The topological polar surface area (TPSA) is 81.2 Å². The van der Waals surface area contributed by atoms with E-state index in [0.29, 0.717) is 17.0 Å². The van der Waals surface area contributed by atoms with E-state index < -0.39 is 0 Å². The average Bonchev–Trinajstić information content (AvgIpc) is 3.16. The molecule has 3 aromatic rings. The van der Waals surface area contributed by atoms with Crippen LogP contribution in [0.5, 0.6) is 0 Å². The summed E-state index contributed by atoms with van der Waals surface area (Å²) < 4.78 is 11.3. The van der Waals surface area contributed by atoms with Gasteiger partial charge in [0.2, 0.25) is 11.8 Å². The van der Waals surface area contributed by atoms with E-state index in [1.165, 1.54) is 11.8 Å². The zero-order valence-electron chi connectivity index (χ0n) is 13.2. The van der Waals surface area contributed by atoms with Gasteiger partial charge in [0.15, 0.2) is 0 Å². The molecule has 6 nitrogen and oxygen atoms in total. The Kier molecular flexibility index (Phi) is 4.02. The number of benzene rings is 1. The number of carbonyl (C=O) groups is 1. The molecule has 0 saturated heterocycles. The standard InChI is InChI=1S/C17H17N3O3S/c1-10(14-8-12-4-2-3-5-13(12)22-14)18-15(21)9-24-17-20-19-16(23-17)11-6-7-11/h2-5,8,10-11H,6-7,9H2,1H3,(H,18,21)/t10-/m1/s1. The summed E-state index contributed by atoms with van der Waals surface area (Å²) in [5.74, 6) is 1.99. The molecule has 0 bridgehead atoms. The van der Waals surface area contributed by atoms with Crippen molar-refractivity contribution in [1.82, 2.24) is 15.5 Å². The van der Waals surface area contributed by atoms with Gasteiger partial charge in [-0.15, -0.1) is 10.2 Å². The first-order valence-electron chi connectivity index (χ1n) is 7.93. The molecule has 1 saturated carbocycles. The van der Waals surface area contributed by atoms with Crippen molar-refractivity contribution in [1.29, 1.82) is 0 Å². The van der Waals surface area contributed by atoms with Crippen LogP contribution in [0, 0.1) is 0 Å². The molecular formula is C17H17N3O3S. The maximum atomic E-state index is 12.1. The van der Waals surface area contributed by atoms with Gasteiger partial charge in [-0.1, -0.05) is 30.0 Å². The minimum atomic E-state index is -0.199. The lowest BCUT2D eigenvalue weighted by molar-refractivity contribution is -0.119. The number of rotatable bonds is 6. The van der Waals surface area contributed by atoms with Gasteiger partial charge in [0.25, 0.3) is 5.22 Å². The van der Waals surface area contributed by atoms with E-state index in [9.17, 15) is 4.79 Å². The lowest BCUT2D eigenvalue weighted by Gasteiger charge is -2.10. The van der Waals surface area contributed by atoms with Crippen molar-refractivity contribution < 1.29 is 13.6 Å². The normalized spacial score (nSPS) is 15.5. The number of furan rings is 1. The van der Waals surface area contributed by atoms with Crippen LogP contribution in [0.3, 0.4) is 0 Å². The highest BCUT2D eigenvalue weighted by Crippen LogP contribution is 2.39. The molecule has 1 aliphatic rings. The number of nitrogens with zero attached hydrogens (tertiary/aromatic N) is 2. The van der Waals surface area contributed by atoms with E-state index in [1.54, 1.807) is 0 Å². The molecule has 1 amide bonds. The molecule has 4 rings (SSSR count). The number of fused-ring (bicyclic) bond motifs is 1. The molecule has 1 atom stereocenters. The quantitative estimate of drug-likeness (QED) is 0.688. The fourth-order valence-corrected chi connectivity index (χ4v) is 3.05. The van der Waals surface area contributed by atoms with Gasteiger partial charge in [-0.2, -0.15) is 0 Å². The van der Waals surface area contributed by atoms with Gasteiger partial charge < -0.3 is 14.2 Å². The van der Waals surface area contributed by atoms with E-state index in [2.05, 4.69) is 15.5 Å². The van der Waals surface area contributed by atoms with Crippen LogP contribution in [0.4, 0.5) is 0 Å². The predicted octanol–water partition coefficient (Wildman–Crippen LogP) is 3.66. The van der Waals surface area contributed by atoms with Gasteiger partial charge in [-0.25, -0.2) is 0 Å². The summed E-state index contributed by atoms with van der Waals surface area (Å²) in [7, 11) is 0. The Labute approximate surface area is 143 Å². The molecule has 1 N–H and O–H groups in total. The molecule has 0 spiro atoms. The second-order valence-electron chi connectivity index (χ2n) is 5.94. The molecule has 2 aromatic heterocycles. The lowest BCUT2D eigenvalue weighted by Crippen LogP contribution is -2.27. The van der Waals surface area contributed by atoms with Crippen molar-refractivity contribution in [3.63, 3.8) is 0 Å². The Morgan fingerprint density at radius 3 is 2.96 bits per heavy atom. The zero-order valence-corrected chi connectivity index (χ0v) is 14.0. The third-order valence-corrected chi connectivity index (χ3v) is 4.74. The zero-order chi connectivity index (χ0) is 16.5. The minimum absolute atomic E-state index is 0.0980. The summed E-state index contributed by atoms with van der Waals surface area (Å²) in [6.45, 7) is 1.90. The molecule has 124 valence electrons. The highest BCUT2D eigenvalue weighted by Gasteiger charge is 2.29. The maximum absolute atomic E-state index is 12.1. The van der Waals surface area contributed by atoms with Crippen LogP contribution in [0.1, 0.15) is 43.4 Å². The van der Waals surface area contributed by atoms with Crippen molar-refractivity contribution in [2.75, 3.05) is 5.75 Å². The van der Waals surface area contributed by atoms with Crippen LogP contribution in [0.2, 0.25) is 0 Å². The van der Waals surface area contributed by atoms with E-state index in [1.807, 2.05) is 37.3 Å². The Morgan fingerprint density at radius 1 is 1.33 bits per heavy atom.